The van der Waals surface area contributed by atoms with Gasteiger partial charge in [0.2, 0.25) is 0 Å². The van der Waals surface area contributed by atoms with Crippen molar-refractivity contribution in [1.29, 1.82) is 0 Å². The van der Waals surface area contributed by atoms with Gasteiger partial charge in [0.05, 0.1) is 17.7 Å². The second-order valence-corrected chi connectivity index (χ2v) is 7.18. The van der Waals surface area contributed by atoms with Crippen molar-refractivity contribution in [1.82, 2.24) is 20.2 Å². The van der Waals surface area contributed by atoms with Crippen LogP contribution in [0.1, 0.15) is 32.1 Å². The fourth-order valence-corrected chi connectivity index (χ4v) is 3.59. The third kappa shape index (κ3) is 3.02. The van der Waals surface area contributed by atoms with Gasteiger partial charge in [-0.2, -0.15) is 0 Å². The van der Waals surface area contributed by atoms with Crippen LogP contribution in [-0.4, -0.2) is 45.8 Å². The van der Waals surface area contributed by atoms with Gasteiger partial charge in [-0.3, -0.25) is 14.6 Å². The van der Waals surface area contributed by atoms with Gasteiger partial charge < -0.3 is 15.2 Å². The van der Waals surface area contributed by atoms with E-state index in [2.05, 4.69) is 15.3 Å². The molecule has 1 atom stereocenters. The van der Waals surface area contributed by atoms with E-state index >= 15 is 0 Å². The minimum absolute atomic E-state index is 0.0165. The third-order valence-electron chi connectivity index (χ3n) is 4.57. The van der Waals surface area contributed by atoms with E-state index in [0.29, 0.717) is 23.7 Å². The summed E-state index contributed by atoms with van der Waals surface area (Å²) in [5, 5.41) is 3.92. The predicted octanol–water partition coefficient (Wildman–Crippen LogP) is 2.58. The minimum atomic E-state index is -0.136. The molecule has 2 amide bonds. The highest BCUT2D eigenvalue weighted by atomic mass is 32.1. The number of fused-ring (bicyclic) bond motifs is 1. The van der Waals surface area contributed by atoms with Crippen LogP contribution >= 0.6 is 11.3 Å². The van der Waals surface area contributed by atoms with E-state index in [4.69, 9.17) is 0 Å². The monoisotopic (exact) mass is 354 g/mol. The zero-order valence-electron chi connectivity index (χ0n) is 13.8. The lowest BCUT2D eigenvalue weighted by atomic mass is 10.0. The molecule has 7 heteroatoms. The van der Waals surface area contributed by atoms with Gasteiger partial charge >= 0.3 is 0 Å². The van der Waals surface area contributed by atoms with E-state index < -0.39 is 0 Å². The highest BCUT2D eigenvalue weighted by molar-refractivity contribution is 7.11. The number of rotatable bonds is 4. The molecule has 4 rings (SSSR count). The van der Waals surface area contributed by atoms with Gasteiger partial charge in [0.25, 0.3) is 11.8 Å². The van der Waals surface area contributed by atoms with E-state index in [1.807, 2.05) is 36.1 Å². The van der Waals surface area contributed by atoms with Crippen molar-refractivity contribution in [2.24, 2.45) is 0 Å². The number of nitrogens with one attached hydrogen (secondary N) is 2. The first-order valence-electron chi connectivity index (χ1n) is 8.19. The SMILES string of the molecule is Cc1ccc2cc(C(=O)N3CCC3CNC(=O)c3cncs3)[nH]c2c1. The lowest BCUT2D eigenvalue weighted by molar-refractivity contribution is 0.0451. The number of H-pyrrole nitrogens is 1. The second kappa shape index (κ2) is 6.33. The van der Waals surface area contributed by atoms with Crippen LogP contribution in [0.2, 0.25) is 0 Å². The number of nitrogens with zero attached hydrogens (tertiary/aromatic N) is 2. The number of amides is 2. The van der Waals surface area contributed by atoms with Gasteiger partial charge in [0.15, 0.2) is 0 Å². The summed E-state index contributed by atoms with van der Waals surface area (Å²) in [6, 6.07) is 8.02. The van der Waals surface area contributed by atoms with Crippen molar-refractivity contribution in [3.05, 3.63) is 52.1 Å². The van der Waals surface area contributed by atoms with Crippen molar-refractivity contribution in [2.75, 3.05) is 13.1 Å². The zero-order valence-corrected chi connectivity index (χ0v) is 14.6. The number of aromatic amines is 1. The Hall–Kier alpha value is -2.67. The van der Waals surface area contributed by atoms with Crippen LogP contribution in [-0.2, 0) is 0 Å². The molecule has 1 fully saturated rings. The maximum absolute atomic E-state index is 12.7. The van der Waals surface area contributed by atoms with Crippen LogP contribution in [0.3, 0.4) is 0 Å². The largest absolute Gasteiger partial charge is 0.351 e. The van der Waals surface area contributed by atoms with Crippen molar-refractivity contribution in [3.8, 4) is 0 Å². The standard InChI is InChI=1S/C18H18N4O2S/c1-11-2-3-12-7-15(21-14(12)6-11)18(24)22-5-4-13(22)8-20-17(23)16-9-19-10-25-16/h2-3,6-7,9-10,13,21H,4-5,8H2,1H3,(H,20,23). The molecule has 0 saturated carbocycles. The molecule has 3 aromatic rings. The molecule has 1 aromatic carbocycles. The van der Waals surface area contributed by atoms with Crippen molar-refractivity contribution in [3.63, 3.8) is 0 Å². The minimum Gasteiger partial charge on any atom is -0.351 e. The Morgan fingerprint density at radius 2 is 2.28 bits per heavy atom. The quantitative estimate of drug-likeness (QED) is 0.756. The summed E-state index contributed by atoms with van der Waals surface area (Å²) in [6.07, 6.45) is 2.45. The summed E-state index contributed by atoms with van der Waals surface area (Å²) >= 11 is 1.31. The Morgan fingerprint density at radius 3 is 3.00 bits per heavy atom. The Balaban J connectivity index is 1.42. The second-order valence-electron chi connectivity index (χ2n) is 6.29. The number of thiazole rings is 1. The molecule has 2 aromatic heterocycles. The van der Waals surface area contributed by atoms with Gasteiger partial charge in [0.1, 0.15) is 10.6 Å². The maximum atomic E-state index is 12.7. The topological polar surface area (TPSA) is 78.1 Å². The average Bonchev–Trinajstić information content (AvgIpc) is 3.22. The molecule has 3 heterocycles. The molecule has 0 radical (unpaired) electrons. The van der Waals surface area contributed by atoms with Crippen LogP contribution in [0.4, 0.5) is 0 Å². The number of aromatic nitrogens is 2. The van der Waals surface area contributed by atoms with E-state index in [9.17, 15) is 9.59 Å². The fourth-order valence-electron chi connectivity index (χ4n) is 3.06. The Labute approximate surface area is 148 Å². The molecule has 0 bridgehead atoms. The van der Waals surface area contributed by atoms with Crippen LogP contribution in [0.25, 0.3) is 10.9 Å². The van der Waals surface area contributed by atoms with Crippen LogP contribution in [0.15, 0.2) is 36.0 Å². The van der Waals surface area contributed by atoms with Crippen molar-refractivity contribution >= 4 is 34.1 Å². The Bertz CT molecular complexity index is 932. The van der Waals surface area contributed by atoms with Gasteiger partial charge in [-0.05, 0) is 31.0 Å². The number of hydrogen-bond donors (Lipinski definition) is 2. The van der Waals surface area contributed by atoms with Crippen molar-refractivity contribution < 1.29 is 9.59 Å². The van der Waals surface area contributed by atoms with Crippen LogP contribution in [0, 0.1) is 6.92 Å². The molecular weight excluding hydrogens is 336 g/mol. The molecule has 0 aliphatic carbocycles. The number of aryl methyl sites for hydroxylation is 1. The lowest BCUT2D eigenvalue weighted by Gasteiger charge is -2.40. The summed E-state index contributed by atoms with van der Waals surface area (Å²) in [7, 11) is 0. The summed E-state index contributed by atoms with van der Waals surface area (Å²) in [4.78, 5) is 34.2. The number of benzene rings is 1. The fraction of sp³-hybridized carbons (Fsp3) is 0.278. The molecule has 6 nitrogen and oxygen atoms in total. The summed E-state index contributed by atoms with van der Waals surface area (Å²) in [5.41, 5.74) is 4.35. The maximum Gasteiger partial charge on any atom is 0.270 e. The molecule has 1 aliphatic rings. The summed E-state index contributed by atoms with van der Waals surface area (Å²) in [6.45, 7) is 3.20. The summed E-state index contributed by atoms with van der Waals surface area (Å²) in [5.74, 6) is -0.153. The van der Waals surface area contributed by atoms with Crippen LogP contribution < -0.4 is 5.32 Å². The highest BCUT2D eigenvalue weighted by Crippen LogP contribution is 2.23. The first-order chi connectivity index (χ1) is 12.1. The van der Waals surface area contributed by atoms with E-state index in [1.165, 1.54) is 11.3 Å². The predicted molar refractivity (Wildman–Crippen MR) is 96.9 cm³/mol. The van der Waals surface area contributed by atoms with Gasteiger partial charge in [-0.15, -0.1) is 11.3 Å². The van der Waals surface area contributed by atoms with E-state index in [0.717, 1.165) is 22.9 Å². The molecule has 0 spiro atoms. The lowest BCUT2D eigenvalue weighted by Crippen LogP contribution is -2.56. The van der Waals surface area contributed by atoms with Crippen LogP contribution in [0.5, 0.6) is 0 Å². The highest BCUT2D eigenvalue weighted by Gasteiger charge is 2.33. The average molecular weight is 354 g/mol. The Kier molecular flexibility index (Phi) is 4.01. The molecular formula is C18H18N4O2S. The molecule has 25 heavy (non-hydrogen) atoms. The van der Waals surface area contributed by atoms with Gasteiger partial charge in [0, 0.05) is 24.0 Å². The smallest absolute Gasteiger partial charge is 0.270 e. The molecule has 128 valence electrons. The van der Waals surface area contributed by atoms with Crippen molar-refractivity contribution in [2.45, 2.75) is 19.4 Å². The van der Waals surface area contributed by atoms with Gasteiger partial charge in [-0.1, -0.05) is 12.1 Å². The first kappa shape index (κ1) is 15.8. The number of carbonyl (C=O) groups excluding carboxylic acids is 2. The van der Waals surface area contributed by atoms with Gasteiger partial charge in [-0.25, -0.2) is 0 Å². The zero-order chi connectivity index (χ0) is 17.4. The normalized spacial score (nSPS) is 16.7. The molecule has 1 unspecified atom stereocenters. The number of carbonyl (C=O) groups is 2. The third-order valence-corrected chi connectivity index (χ3v) is 5.34. The first-order valence-corrected chi connectivity index (χ1v) is 9.07. The van der Waals surface area contributed by atoms with E-state index in [1.54, 1.807) is 11.7 Å². The number of hydrogen-bond acceptors (Lipinski definition) is 4. The summed E-state index contributed by atoms with van der Waals surface area (Å²) < 4.78 is 0. The number of likely N-dealkylation sites (tertiary alicyclic amines) is 1. The van der Waals surface area contributed by atoms with E-state index in [-0.39, 0.29) is 17.9 Å². The molecule has 2 N–H and O–H groups in total. The molecule has 1 saturated heterocycles. The Morgan fingerprint density at radius 1 is 1.40 bits per heavy atom. The molecule has 1 aliphatic heterocycles.